The fourth-order valence-electron chi connectivity index (χ4n) is 3.29. The van der Waals surface area contributed by atoms with E-state index in [0.717, 1.165) is 16.7 Å². The van der Waals surface area contributed by atoms with Gasteiger partial charge in [0, 0.05) is 18.3 Å². The molecule has 3 rings (SSSR count). The molecule has 170 valence electrons. The molecule has 0 saturated carbocycles. The number of halogens is 1. The topological polar surface area (TPSA) is 49.4 Å². The van der Waals surface area contributed by atoms with Crippen molar-refractivity contribution in [1.29, 1.82) is 0 Å². The van der Waals surface area contributed by atoms with Crippen molar-refractivity contribution in [3.05, 3.63) is 107 Å². The molecular formula is C28H29FN2O2. The van der Waals surface area contributed by atoms with Gasteiger partial charge in [-0.15, -0.1) is 0 Å². The van der Waals surface area contributed by atoms with Gasteiger partial charge in [-0.2, -0.15) is 0 Å². The lowest BCUT2D eigenvalue weighted by atomic mass is 10.1. The van der Waals surface area contributed by atoms with E-state index >= 15 is 0 Å². The summed E-state index contributed by atoms with van der Waals surface area (Å²) in [5, 5.41) is 2.92. The van der Waals surface area contributed by atoms with Crippen LogP contribution < -0.4 is 10.2 Å². The highest BCUT2D eigenvalue weighted by Gasteiger charge is 2.15. The second-order valence-electron chi connectivity index (χ2n) is 8.34. The monoisotopic (exact) mass is 444 g/mol. The molecule has 0 bridgehead atoms. The Morgan fingerprint density at radius 3 is 2.36 bits per heavy atom. The largest absolute Gasteiger partial charge is 0.356 e. The fraction of sp³-hybridized carbons (Fsp3) is 0.214. The Hall–Kier alpha value is -3.73. The third-order valence-corrected chi connectivity index (χ3v) is 5.03. The third-order valence-electron chi connectivity index (χ3n) is 5.03. The van der Waals surface area contributed by atoms with E-state index in [2.05, 4.69) is 5.32 Å². The van der Waals surface area contributed by atoms with Crippen LogP contribution in [0.15, 0.2) is 84.9 Å². The van der Waals surface area contributed by atoms with E-state index in [1.807, 2.05) is 68.4 Å². The summed E-state index contributed by atoms with van der Waals surface area (Å²) in [5.74, 6) is -0.207. The Bertz CT molecular complexity index is 1090. The maximum absolute atomic E-state index is 13.4. The zero-order valence-corrected chi connectivity index (χ0v) is 19.0. The number of amides is 2. The standard InChI is InChI=1S/C28H29FN2O2/c1-21(2)19-30-27(32)18-24-9-6-10-26(17-24)31(20-23-11-14-25(29)15-12-23)28(33)16-13-22-7-4-3-5-8-22/h3-17,21H,18-20H2,1-2H3,(H,30,32)/b16-13+. The van der Waals surface area contributed by atoms with Crippen LogP contribution in [-0.4, -0.2) is 18.4 Å². The number of benzene rings is 3. The Morgan fingerprint density at radius 2 is 1.67 bits per heavy atom. The number of anilines is 1. The first-order valence-electron chi connectivity index (χ1n) is 11.1. The highest BCUT2D eigenvalue weighted by molar-refractivity contribution is 6.03. The zero-order valence-electron chi connectivity index (χ0n) is 19.0. The van der Waals surface area contributed by atoms with Gasteiger partial charge in [0.2, 0.25) is 5.91 Å². The highest BCUT2D eigenvalue weighted by Crippen LogP contribution is 2.21. The predicted molar refractivity (Wildman–Crippen MR) is 131 cm³/mol. The summed E-state index contributed by atoms with van der Waals surface area (Å²) in [6.07, 6.45) is 3.53. The minimum atomic E-state index is -0.324. The molecule has 0 spiro atoms. The molecule has 0 aromatic heterocycles. The normalized spacial score (nSPS) is 11.0. The van der Waals surface area contributed by atoms with Crippen LogP contribution >= 0.6 is 0 Å². The average molecular weight is 445 g/mol. The molecule has 1 N–H and O–H groups in total. The van der Waals surface area contributed by atoms with Crippen molar-refractivity contribution < 1.29 is 14.0 Å². The van der Waals surface area contributed by atoms with Gasteiger partial charge >= 0.3 is 0 Å². The van der Waals surface area contributed by atoms with Crippen molar-refractivity contribution in [3.8, 4) is 0 Å². The molecule has 0 aliphatic carbocycles. The number of hydrogen-bond donors (Lipinski definition) is 1. The van der Waals surface area contributed by atoms with Crippen LogP contribution in [0, 0.1) is 11.7 Å². The Morgan fingerprint density at radius 1 is 0.939 bits per heavy atom. The summed E-state index contributed by atoms with van der Waals surface area (Å²) in [6.45, 7) is 4.99. The molecule has 0 saturated heterocycles. The van der Waals surface area contributed by atoms with Gasteiger partial charge in [-0.3, -0.25) is 9.59 Å². The fourth-order valence-corrected chi connectivity index (χ4v) is 3.29. The van der Waals surface area contributed by atoms with Crippen LogP contribution in [-0.2, 0) is 22.6 Å². The molecule has 5 heteroatoms. The second kappa shape index (κ2) is 11.8. The van der Waals surface area contributed by atoms with Gasteiger partial charge < -0.3 is 10.2 Å². The molecule has 3 aromatic carbocycles. The van der Waals surface area contributed by atoms with Gasteiger partial charge in [0.1, 0.15) is 5.82 Å². The van der Waals surface area contributed by atoms with E-state index in [0.29, 0.717) is 18.2 Å². The van der Waals surface area contributed by atoms with E-state index in [9.17, 15) is 14.0 Å². The number of rotatable bonds is 9. The lowest BCUT2D eigenvalue weighted by molar-refractivity contribution is -0.120. The van der Waals surface area contributed by atoms with Gasteiger partial charge in [-0.05, 0) is 52.9 Å². The van der Waals surface area contributed by atoms with Crippen LogP contribution in [0.3, 0.4) is 0 Å². The lowest BCUT2D eigenvalue weighted by Gasteiger charge is -2.22. The van der Waals surface area contributed by atoms with Crippen LogP contribution in [0.4, 0.5) is 10.1 Å². The van der Waals surface area contributed by atoms with Gasteiger partial charge in [0.25, 0.3) is 5.91 Å². The summed E-state index contributed by atoms with van der Waals surface area (Å²) in [5.41, 5.74) is 3.22. The molecule has 0 heterocycles. The highest BCUT2D eigenvalue weighted by atomic mass is 19.1. The van der Waals surface area contributed by atoms with E-state index in [-0.39, 0.29) is 30.6 Å². The van der Waals surface area contributed by atoms with Crippen molar-refractivity contribution in [2.45, 2.75) is 26.8 Å². The molecular weight excluding hydrogens is 415 g/mol. The Labute approximate surface area is 194 Å². The molecule has 0 aliphatic heterocycles. The van der Waals surface area contributed by atoms with Crippen molar-refractivity contribution in [2.24, 2.45) is 5.92 Å². The second-order valence-corrected chi connectivity index (χ2v) is 8.34. The van der Waals surface area contributed by atoms with Crippen LogP contribution in [0.1, 0.15) is 30.5 Å². The number of hydrogen-bond acceptors (Lipinski definition) is 2. The van der Waals surface area contributed by atoms with Crippen LogP contribution in [0.25, 0.3) is 6.08 Å². The molecule has 0 unspecified atom stereocenters. The molecule has 0 radical (unpaired) electrons. The van der Waals surface area contributed by atoms with Crippen molar-refractivity contribution >= 4 is 23.6 Å². The summed E-state index contributed by atoms with van der Waals surface area (Å²) in [4.78, 5) is 27.1. The maximum Gasteiger partial charge on any atom is 0.251 e. The van der Waals surface area contributed by atoms with E-state index in [1.165, 1.54) is 18.2 Å². The quantitative estimate of drug-likeness (QED) is 0.450. The maximum atomic E-state index is 13.4. The van der Waals surface area contributed by atoms with Crippen molar-refractivity contribution in [1.82, 2.24) is 5.32 Å². The first kappa shape index (κ1) is 23.9. The molecule has 0 fully saturated rings. The van der Waals surface area contributed by atoms with Gasteiger partial charge in [-0.25, -0.2) is 4.39 Å². The summed E-state index contributed by atoms with van der Waals surface area (Å²) >= 11 is 0. The number of carbonyl (C=O) groups excluding carboxylic acids is 2. The van der Waals surface area contributed by atoms with Crippen molar-refractivity contribution in [3.63, 3.8) is 0 Å². The van der Waals surface area contributed by atoms with Gasteiger partial charge in [-0.1, -0.05) is 68.4 Å². The summed E-state index contributed by atoms with van der Waals surface area (Å²) in [6, 6.07) is 23.1. The predicted octanol–water partition coefficient (Wildman–Crippen LogP) is 5.39. The Kier molecular flexibility index (Phi) is 8.53. The van der Waals surface area contributed by atoms with E-state index in [4.69, 9.17) is 0 Å². The first-order valence-corrected chi connectivity index (χ1v) is 11.1. The SMILES string of the molecule is CC(C)CNC(=O)Cc1cccc(N(Cc2ccc(F)cc2)C(=O)/C=C/c2ccccc2)c1. The van der Waals surface area contributed by atoms with Gasteiger partial charge in [0.15, 0.2) is 0 Å². The van der Waals surface area contributed by atoms with E-state index in [1.54, 1.807) is 23.1 Å². The van der Waals surface area contributed by atoms with E-state index < -0.39 is 0 Å². The van der Waals surface area contributed by atoms with Crippen LogP contribution in [0.2, 0.25) is 0 Å². The molecule has 0 atom stereocenters. The number of nitrogens with one attached hydrogen (secondary N) is 1. The van der Waals surface area contributed by atoms with Crippen molar-refractivity contribution in [2.75, 3.05) is 11.4 Å². The molecule has 2 amide bonds. The molecule has 4 nitrogen and oxygen atoms in total. The zero-order chi connectivity index (χ0) is 23.6. The smallest absolute Gasteiger partial charge is 0.251 e. The third kappa shape index (κ3) is 7.72. The molecule has 0 aliphatic rings. The van der Waals surface area contributed by atoms with Gasteiger partial charge in [0.05, 0.1) is 13.0 Å². The first-order chi connectivity index (χ1) is 15.9. The minimum absolute atomic E-state index is 0.0544. The molecule has 3 aromatic rings. The summed E-state index contributed by atoms with van der Waals surface area (Å²) in [7, 11) is 0. The molecule has 33 heavy (non-hydrogen) atoms. The minimum Gasteiger partial charge on any atom is -0.356 e. The number of nitrogens with zero attached hydrogens (tertiary/aromatic N) is 1. The average Bonchev–Trinajstić information content (AvgIpc) is 2.81. The lowest BCUT2D eigenvalue weighted by Crippen LogP contribution is -2.30. The number of carbonyl (C=O) groups is 2. The Balaban J connectivity index is 1.83. The summed E-state index contributed by atoms with van der Waals surface area (Å²) < 4.78 is 13.4. The van der Waals surface area contributed by atoms with Crippen LogP contribution in [0.5, 0.6) is 0 Å².